The Morgan fingerprint density at radius 1 is 1.13 bits per heavy atom. The van der Waals surface area contributed by atoms with Gasteiger partial charge in [0.05, 0.1) is 22.9 Å². The number of nitrogens with zero attached hydrogens (tertiary/aromatic N) is 3. The van der Waals surface area contributed by atoms with Crippen molar-refractivity contribution in [2.45, 2.75) is 32.9 Å². The normalized spacial score (nSPS) is 14.4. The number of benzene rings is 1. The molecule has 1 amide bonds. The number of aromatic nitrogens is 2. The second-order valence-electron chi connectivity index (χ2n) is 7.92. The Morgan fingerprint density at radius 2 is 1.94 bits per heavy atom. The van der Waals surface area contributed by atoms with Gasteiger partial charge in [0, 0.05) is 13.1 Å². The molecule has 4 aromatic rings. The fourth-order valence-corrected chi connectivity index (χ4v) is 4.16. The fraction of sp³-hybridized carbons (Fsp3) is 0.292. The third-order valence-electron chi connectivity index (χ3n) is 5.79. The topological polar surface area (TPSA) is 84.4 Å². The Balaban J connectivity index is 1.41. The number of hydrogen-bond acceptors (Lipinski definition) is 6. The van der Waals surface area contributed by atoms with Crippen LogP contribution in [-0.4, -0.2) is 34.0 Å². The van der Waals surface area contributed by atoms with E-state index in [0.717, 1.165) is 25.2 Å². The summed E-state index contributed by atoms with van der Waals surface area (Å²) < 4.78 is 10.8. The summed E-state index contributed by atoms with van der Waals surface area (Å²) >= 11 is 0. The molecule has 0 atom stereocenters. The van der Waals surface area contributed by atoms with Crippen molar-refractivity contribution >= 4 is 17.0 Å². The number of hydrogen-bond donors (Lipinski definition) is 1. The molecule has 0 radical (unpaired) electrons. The van der Waals surface area contributed by atoms with E-state index >= 15 is 0 Å². The summed E-state index contributed by atoms with van der Waals surface area (Å²) in [5, 5.41) is 7.70. The van der Waals surface area contributed by atoms with Gasteiger partial charge in [-0.25, -0.2) is 4.98 Å². The summed E-state index contributed by atoms with van der Waals surface area (Å²) in [6.45, 7) is 5.45. The van der Waals surface area contributed by atoms with E-state index < -0.39 is 0 Å². The maximum atomic E-state index is 13.2. The molecule has 0 aliphatic carbocycles. The summed E-state index contributed by atoms with van der Waals surface area (Å²) in [6.07, 6.45) is 4.09. The molecule has 1 fully saturated rings. The lowest BCUT2D eigenvalue weighted by atomic mass is 10.1. The van der Waals surface area contributed by atoms with Gasteiger partial charge < -0.3 is 14.3 Å². The molecule has 1 aliphatic heterocycles. The van der Waals surface area contributed by atoms with Crippen molar-refractivity contribution in [1.29, 1.82) is 0 Å². The lowest BCUT2D eigenvalue weighted by Crippen LogP contribution is -2.25. The molecule has 1 aliphatic rings. The predicted octanol–water partition coefficient (Wildman–Crippen LogP) is 4.32. The minimum Gasteiger partial charge on any atom is -0.463 e. The van der Waals surface area contributed by atoms with E-state index in [4.69, 9.17) is 8.94 Å². The zero-order valence-electron chi connectivity index (χ0n) is 17.4. The maximum Gasteiger partial charge on any atom is 0.259 e. The second kappa shape index (κ2) is 8.35. The fourth-order valence-electron chi connectivity index (χ4n) is 4.16. The molecule has 0 bridgehead atoms. The smallest absolute Gasteiger partial charge is 0.259 e. The van der Waals surface area contributed by atoms with Gasteiger partial charge >= 0.3 is 0 Å². The molecule has 7 nitrogen and oxygen atoms in total. The number of carbonyl (C=O) groups is 1. The number of rotatable bonds is 6. The summed E-state index contributed by atoms with van der Waals surface area (Å²) in [6, 6.07) is 13.6. The van der Waals surface area contributed by atoms with E-state index in [-0.39, 0.29) is 5.91 Å². The number of pyridine rings is 1. The highest BCUT2D eigenvalue weighted by Gasteiger charge is 2.20. The Bertz CT molecular complexity index is 1210. The van der Waals surface area contributed by atoms with Crippen molar-refractivity contribution in [3.05, 3.63) is 71.1 Å². The first-order valence-corrected chi connectivity index (χ1v) is 10.6. The molecule has 5 rings (SSSR count). The maximum absolute atomic E-state index is 13.2. The highest BCUT2D eigenvalue weighted by atomic mass is 16.5. The highest BCUT2D eigenvalue weighted by molar-refractivity contribution is 6.06. The van der Waals surface area contributed by atoms with Crippen LogP contribution in [0.15, 0.2) is 57.7 Å². The number of likely N-dealkylation sites (tertiary alicyclic amines) is 1. The average Bonchev–Trinajstić information content (AvgIpc) is 3.55. The highest BCUT2D eigenvalue weighted by Crippen LogP contribution is 2.27. The Hall–Kier alpha value is -3.45. The zero-order chi connectivity index (χ0) is 21.2. The lowest BCUT2D eigenvalue weighted by Gasteiger charge is -2.18. The van der Waals surface area contributed by atoms with Crippen molar-refractivity contribution in [2.75, 3.05) is 13.1 Å². The third-order valence-corrected chi connectivity index (χ3v) is 5.79. The summed E-state index contributed by atoms with van der Waals surface area (Å²) in [7, 11) is 0. The van der Waals surface area contributed by atoms with Crippen LogP contribution in [0.25, 0.3) is 22.6 Å². The molecule has 3 aromatic heterocycles. The molecular weight excluding hydrogens is 392 g/mol. The number of aryl methyl sites for hydroxylation is 1. The molecule has 4 heterocycles. The van der Waals surface area contributed by atoms with Crippen LogP contribution >= 0.6 is 0 Å². The third kappa shape index (κ3) is 3.96. The zero-order valence-corrected chi connectivity index (χ0v) is 17.4. The van der Waals surface area contributed by atoms with Crippen LogP contribution in [-0.2, 0) is 13.1 Å². The number of nitrogens with one attached hydrogen (secondary N) is 1. The molecule has 0 spiro atoms. The van der Waals surface area contributed by atoms with Gasteiger partial charge in [-0.1, -0.05) is 29.4 Å². The van der Waals surface area contributed by atoms with E-state index in [2.05, 4.69) is 38.6 Å². The van der Waals surface area contributed by atoms with Gasteiger partial charge in [0.25, 0.3) is 11.6 Å². The molecule has 158 valence electrons. The van der Waals surface area contributed by atoms with Gasteiger partial charge in [-0.2, -0.15) is 0 Å². The monoisotopic (exact) mass is 416 g/mol. The van der Waals surface area contributed by atoms with Crippen LogP contribution in [0.3, 0.4) is 0 Å². The average molecular weight is 416 g/mol. The van der Waals surface area contributed by atoms with Crippen molar-refractivity contribution < 1.29 is 13.7 Å². The molecule has 1 saturated heterocycles. The number of furan rings is 1. The van der Waals surface area contributed by atoms with Crippen molar-refractivity contribution in [1.82, 2.24) is 20.4 Å². The molecule has 1 N–H and O–H groups in total. The van der Waals surface area contributed by atoms with E-state index in [9.17, 15) is 4.79 Å². The number of amides is 1. The van der Waals surface area contributed by atoms with E-state index in [1.807, 2.05) is 13.0 Å². The minimum atomic E-state index is -0.192. The second-order valence-corrected chi connectivity index (χ2v) is 7.92. The van der Waals surface area contributed by atoms with Gasteiger partial charge in [0.1, 0.15) is 5.69 Å². The van der Waals surface area contributed by atoms with Gasteiger partial charge in [0.2, 0.25) is 0 Å². The first-order valence-electron chi connectivity index (χ1n) is 10.6. The summed E-state index contributed by atoms with van der Waals surface area (Å²) in [5.41, 5.74) is 4.35. The van der Waals surface area contributed by atoms with Gasteiger partial charge in [-0.15, -0.1) is 0 Å². The Labute approximate surface area is 180 Å². The molecule has 0 saturated carbocycles. The lowest BCUT2D eigenvalue weighted by molar-refractivity contribution is 0.0952. The van der Waals surface area contributed by atoms with Gasteiger partial charge in [-0.3, -0.25) is 9.69 Å². The number of fused-ring (bicyclic) bond motifs is 1. The van der Waals surface area contributed by atoms with Crippen molar-refractivity contribution in [3.8, 4) is 11.5 Å². The predicted molar refractivity (Wildman–Crippen MR) is 116 cm³/mol. The van der Waals surface area contributed by atoms with E-state index in [1.165, 1.54) is 18.4 Å². The standard InChI is InChI=1S/C24H24N4O3/c1-16-22-19(13-20(21-9-6-12-30-21)26-24(22)31-27-16)23(29)25-14-17-7-2-3-8-18(17)15-28-10-4-5-11-28/h2-3,6-9,12-13H,4-5,10-11,14-15H2,1H3,(H,25,29). The van der Waals surface area contributed by atoms with Crippen LogP contribution < -0.4 is 5.32 Å². The Kier molecular flexibility index (Phi) is 5.26. The first kappa shape index (κ1) is 19.5. The summed E-state index contributed by atoms with van der Waals surface area (Å²) in [4.78, 5) is 20.1. The van der Waals surface area contributed by atoms with Crippen LogP contribution in [0.5, 0.6) is 0 Å². The molecule has 0 unspecified atom stereocenters. The van der Waals surface area contributed by atoms with Crippen LogP contribution in [0.4, 0.5) is 0 Å². The Morgan fingerprint density at radius 3 is 2.71 bits per heavy atom. The largest absolute Gasteiger partial charge is 0.463 e. The van der Waals surface area contributed by atoms with Gasteiger partial charge in [0.15, 0.2) is 5.76 Å². The molecule has 1 aromatic carbocycles. The quantitative estimate of drug-likeness (QED) is 0.504. The number of carbonyl (C=O) groups excluding carboxylic acids is 1. The SMILES string of the molecule is Cc1noc2nc(-c3ccco3)cc(C(=O)NCc3ccccc3CN3CCCC3)c12. The molecule has 7 heteroatoms. The minimum absolute atomic E-state index is 0.192. The molecular formula is C24H24N4O3. The van der Waals surface area contributed by atoms with E-state index in [0.29, 0.717) is 40.4 Å². The van der Waals surface area contributed by atoms with Crippen LogP contribution in [0, 0.1) is 6.92 Å². The van der Waals surface area contributed by atoms with Crippen molar-refractivity contribution in [3.63, 3.8) is 0 Å². The van der Waals surface area contributed by atoms with Crippen LogP contribution in [0.1, 0.15) is 40.0 Å². The molecule has 31 heavy (non-hydrogen) atoms. The van der Waals surface area contributed by atoms with Gasteiger partial charge in [-0.05, 0) is 62.2 Å². The van der Waals surface area contributed by atoms with E-state index in [1.54, 1.807) is 24.5 Å². The first-order chi connectivity index (χ1) is 15.2. The van der Waals surface area contributed by atoms with Crippen molar-refractivity contribution in [2.24, 2.45) is 0 Å². The summed E-state index contributed by atoms with van der Waals surface area (Å²) in [5.74, 6) is 0.378. The van der Waals surface area contributed by atoms with Crippen LogP contribution in [0.2, 0.25) is 0 Å².